The predicted molar refractivity (Wildman–Crippen MR) is 46.4 cm³/mol. The van der Waals surface area contributed by atoms with Gasteiger partial charge < -0.3 is 5.21 Å². The van der Waals surface area contributed by atoms with Crippen molar-refractivity contribution in [2.24, 2.45) is 17.0 Å². The molecule has 1 N–H and O–H groups in total. The molecule has 2 atom stereocenters. The highest BCUT2D eigenvalue weighted by atomic mass is 19.4. The molecule has 0 heterocycles. The van der Waals surface area contributed by atoms with Gasteiger partial charge in [0.05, 0.1) is 11.6 Å². The standard InChI is InChI=1S/C9H14F3NO/c1-6(13-14)7-3-2-4-8(5-7)9(10,11)12/h7-8,14H,2-5H2,1H3/b13-6+. The molecular formula is C9H14F3NO. The Hall–Kier alpha value is -0.740. The number of hydrogen-bond donors (Lipinski definition) is 1. The van der Waals surface area contributed by atoms with E-state index in [9.17, 15) is 13.2 Å². The average Bonchev–Trinajstić information content (AvgIpc) is 2.15. The van der Waals surface area contributed by atoms with Gasteiger partial charge in [0.25, 0.3) is 0 Å². The molecule has 1 aliphatic carbocycles. The molecule has 1 saturated carbocycles. The van der Waals surface area contributed by atoms with Gasteiger partial charge in [0.1, 0.15) is 0 Å². The molecule has 0 spiro atoms. The first-order valence-corrected chi connectivity index (χ1v) is 4.70. The van der Waals surface area contributed by atoms with E-state index in [2.05, 4.69) is 5.16 Å². The molecule has 5 heteroatoms. The van der Waals surface area contributed by atoms with Crippen molar-refractivity contribution in [3.05, 3.63) is 0 Å². The fraction of sp³-hybridized carbons (Fsp3) is 0.889. The van der Waals surface area contributed by atoms with Crippen molar-refractivity contribution >= 4 is 5.71 Å². The molecule has 2 unspecified atom stereocenters. The molecule has 82 valence electrons. The summed E-state index contributed by atoms with van der Waals surface area (Å²) in [6.07, 6.45) is -2.57. The zero-order valence-electron chi connectivity index (χ0n) is 8.01. The van der Waals surface area contributed by atoms with Crippen LogP contribution >= 0.6 is 0 Å². The second kappa shape index (κ2) is 4.19. The van der Waals surface area contributed by atoms with Crippen LogP contribution in [0.2, 0.25) is 0 Å². The Morgan fingerprint density at radius 2 is 2.00 bits per heavy atom. The molecule has 0 saturated heterocycles. The number of alkyl halides is 3. The summed E-state index contributed by atoms with van der Waals surface area (Å²) in [7, 11) is 0. The SMILES string of the molecule is C/C(=N\O)C1CCCC(C(F)(F)F)C1. The Bertz CT molecular complexity index is 225. The third-order valence-electron chi connectivity index (χ3n) is 2.89. The van der Waals surface area contributed by atoms with E-state index in [0.717, 1.165) is 0 Å². The van der Waals surface area contributed by atoms with Crippen molar-refractivity contribution in [3.8, 4) is 0 Å². The van der Waals surface area contributed by atoms with Crippen LogP contribution in [0.4, 0.5) is 13.2 Å². The van der Waals surface area contributed by atoms with Crippen molar-refractivity contribution in [2.45, 2.75) is 38.8 Å². The van der Waals surface area contributed by atoms with Gasteiger partial charge in [0.2, 0.25) is 0 Å². The van der Waals surface area contributed by atoms with E-state index in [0.29, 0.717) is 18.6 Å². The summed E-state index contributed by atoms with van der Waals surface area (Å²) >= 11 is 0. The fourth-order valence-electron chi connectivity index (χ4n) is 1.95. The van der Waals surface area contributed by atoms with E-state index < -0.39 is 12.1 Å². The quantitative estimate of drug-likeness (QED) is 0.401. The van der Waals surface area contributed by atoms with E-state index in [1.807, 2.05) is 0 Å². The van der Waals surface area contributed by atoms with Gasteiger partial charge in [-0.25, -0.2) is 0 Å². The Morgan fingerprint density at radius 1 is 1.36 bits per heavy atom. The van der Waals surface area contributed by atoms with Crippen LogP contribution in [0.1, 0.15) is 32.6 Å². The number of hydrogen-bond acceptors (Lipinski definition) is 2. The Kier molecular flexibility index (Phi) is 3.39. The Labute approximate surface area is 80.8 Å². The first kappa shape index (κ1) is 11.3. The number of rotatable bonds is 1. The molecule has 1 aliphatic rings. The summed E-state index contributed by atoms with van der Waals surface area (Å²) in [6, 6.07) is 0. The number of halogens is 3. The van der Waals surface area contributed by atoms with Crippen molar-refractivity contribution in [2.75, 3.05) is 0 Å². The molecule has 0 aromatic carbocycles. The van der Waals surface area contributed by atoms with Crippen molar-refractivity contribution < 1.29 is 18.4 Å². The molecule has 1 rings (SSSR count). The zero-order chi connectivity index (χ0) is 10.8. The lowest BCUT2D eigenvalue weighted by Crippen LogP contribution is -2.31. The molecular weight excluding hydrogens is 195 g/mol. The third-order valence-corrected chi connectivity index (χ3v) is 2.89. The van der Waals surface area contributed by atoms with Gasteiger partial charge in [-0.3, -0.25) is 0 Å². The first-order chi connectivity index (χ1) is 6.45. The summed E-state index contributed by atoms with van der Waals surface area (Å²) in [5.74, 6) is -1.43. The minimum absolute atomic E-state index is 0.0688. The van der Waals surface area contributed by atoms with Crippen LogP contribution in [0.3, 0.4) is 0 Å². The molecule has 0 aliphatic heterocycles. The van der Waals surface area contributed by atoms with Gasteiger partial charge >= 0.3 is 6.18 Å². The predicted octanol–water partition coefficient (Wildman–Crippen LogP) is 3.21. The van der Waals surface area contributed by atoms with Crippen LogP contribution in [-0.2, 0) is 0 Å². The highest BCUT2D eigenvalue weighted by molar-refractivity contribution is 5.83. The normalized spacial score (nSPS) is 30.4. The van der Waals surface area contributed by atoms with Crippen molar-refractivity contribution in [1.29, 1.82) is 0 Å². The van der Waals surface area contributed by atoms with Gasteiger partial charge in [-0.15, -0.1) is 0 Å². The van der Waals surface area contributed by atoms with Gasteiger partial charge in [-0.05, 0) is 26.2 Å². The Morgan fingerprint density at radius 3 is 2.50 bits per heavy atom. The maximum absolute atomic E-state index is 12.4. The lowest BCUT2D eigenvalue weighted by atomic mass is 9.79. The average molecular weight is 209 g/mol. The molecule has 0 bridgehead atoms. The lowest BCUT2D eigenvalue weighted by molar-refractivity contribution is -0.183. The van der Waals surface area contributed by atoms with E-state index in [1.54, 1.807) is 6.92 Å². The first-order valence-electron chi connectivity index (χ1n) is 4.70. The van der Waals surface area contributed by atoms with Crippen LogP contribution in [0.25, 0.3) is 0 Å². The zero-order valence-corrected chi connectivity index (χ0v) is 8.01. The van der Waals surface area contributed by atoms with Crippen molar-refractivity contribution in [3.63, 3.8) is 0 Å². The molecule has 0 amide bonds. The van der Waals surface area contributed by atoms with Crippen LogP contribution in [0, 0.1) is 11.8 Å². The topological polar surface area (TPSA) is 32.6 Å². The van der Waals surface area contributed by atoms with Crippen LogP contribution in [0.15, 0.2) is 5.16 Å². The molecule has 0 aromatic heterocycles. The third kappa shape index (κ3) is 2.62. The highest BCUT2D eigenvalue weighted by Crippen LogP contribution is 2.40. The van der Waals surface area contributed by atoms with E-state index in [4.69, 9.17) is 5.21 Å². The van der Waals surface area contributed by atoms with Gasteiger partial charge in [0, 0.05) is 5.92 Å². The van der Waals surface area contributed by atoms with Gasteiger partial charge in [-0.1, -0.05) is 11.6 Å². The summed E-state index contributed by atoms with van der Waals surface area (Å²) in [5.41, 5.74) is 0.416. The van der Waals surface area contributed by atoms with Gasteiger partial charge in [0.15, 0.2) is 0 Å². The monoisotopic (exact) mass is 209 g/mol. The minimum atomic E-state index is -4.10. The van der Waals surface area contributed by atoms with E-state index in [-0.39, 0.29) is 18.8 Å². The molecule has 1 fully saturated rings. The maximum Gasteiger partial charge on any atom is 0.391 e. The lowest BCUT2D eigenvalue weighted by Gasteiger charge is -2.29. The van der Waals surface area contributed by atoms with E-state index in [1.165, 1.54) is 0 Å². The van der Waals surface area contributed by atoms with E-state index >= 15 is 0 Å². The van der Waals surface area contributed by atoms with Gasteiger partial charge in [-0.2, -0.15) is 13.2 Å². The molecule has 0 radical (unpaired) electrons. The van der Waals surface area contributed by atoms with Crippen LogP contribution in [-0.4, -0.2) is 17.1 Å². The fourth-order valence-corrected chi connectivity index (χ4v) is 1.95. The molecule has 0 aromatic rings. The van der Waals surface area contributed by atoms with Crippen LogP contribution < -0.4 is 0 Å². The second-order valence-corrected chi connectivity index (χ2v) is 3.84. The number of nitrogens with zero attached hydrogens (tertiary/aromatic N) is 1. The molecule has 2 nitrogen and oxygen atoms in total. The number of oxime groups is 1. The Balaban J connectivity index is 2.61. The smallest absolute Gasteiger partial charge is 0.391 e. The maximum atomic E-state index is 12.4. The van der Waals surface area contributed by atoms with Crippen molar-refractivity contribution in [1.82, 2.24) is 0 Å². The molecule has 14 heavy (non-hydrogen) atoms. The largest absolute Gasteiger partial charge is 0.411 e. The summed E-state index contributed by atoms with van der Waals surface area (Å²) in [4.78, 5) is 0. The highest BCUT2D eigenvalue weighted by Gasteiger charge is 2.42. The summed E-state index contributed by atoms with van der Waals surface area (Å²) in [5, 5.41) is 11.5. The minimum Gasteiger partial charge on any atom is -0.411 e. The second-order valence-electron chi connectivity index (χ2n) is 3.84. The summed E-state index contributed by atoms with van der Waals surface area (Å²) in [6.45, 7) is 1.57. The summed E-state index contributed by atoms with van der Waals surface area (Å²) < 4.78 is 37.1. The van der Waals surface area contributed by atoms with Crippen LogP contribution in [0.5, 0.6) is 0 Å².